The number of hydrogen-bond donors (Lipinski definition) is 2. The normalized spacial score (nSPS) is 13.1. The first-order valence-electron chi connectivity index (χ1n) is 6.18. The van der Waals surface area contributed by atoms with Crippen LogP contribution in [-0.4, -0.2) is 26.6 Å². The fourth-order valence-electron chi connectivity index (χ4n) is 1.40. The molecule has 0 saturated carbocycles. The molecular formula is C13H19ClN2O3S. The van der Waals surface area contributed by atoms with Crippen molar-refractivity contribution in [2.24, 2.45) is 5.92 Å². The van der Waals surface area contributed by atoms with Gasteiger partial charge in [0, 0.05) is 11.6 Å². The number of amides is 1. The minimum atomic E-state index is -3.44. The van der Waals surface area contributed by atoms with Gasteiger partial charge in [-0.2, -0.15) is 0 Å². The Morgan fingerprint density at radius 2 is 1.85 bits per heavy atom. The third-order valence-corrected chi connectivity index (χ3v) is 3.80. The lowest BCUT2D eigenvalue weighted by Crippen LogP contribution is -2.36. The fraction of sp³-hybridized carbons (Fsp3) is 0.462. The fourth-order valence-corrected chi connectivity index (χ4v) is 2.19. The first kappa shape index (κ1) is 16.8. The van der Waals surface area contributed by atoms with Crippen molar-refractivity contribution in [1.29, 1.82) is 0 Å². The van der Waals surface area contributed by atoms with E-state index in [1.807, 2.05) is 20.8 Å². The molecule has 1 aromatic rings. The summed E-state index contributed by atoms with van der Waals surface area (Å²) in [6, 6.07) is 4.48. The highest BCUT2D eigenvalue weighted by Crippen LogP contribution is 2.24. The topological polar surface area (TPSA) is 75.3 Å². The van der Waals surface area contributed by atoms with Gasteiger partial charge in [-0.3, -0.25) is 9.52 Å². The van der Waals surface area contributed by atoms with Gasteiger partial charge in [-0.1, -0.05) is 25.4 Å². The van der Waals surface area contributed by atoms with E-state index in [1.54, 1.807) is 6.07 Å². The number of sulfonamides is 1. The third-order valence-electron chi connectivity index (χ3n) is 2.88. The van der Waals surface area contributed by atoms with E-state index in [-0.39, 0.29) is 22.7 Å². The van der Waals surface area contributed by atoms with E-state index >= 15 is 0 Å². The molecule has 0 radical (unpaired) electrons. The average molecular weight is 319 g/mol. The Balaban J connectivity index is 2.97. The molecule has 1 aromatic carbocycles. The Kier molecular flexibility index (Phi) is 5.42. The number of hydrogen-bond acceptors (Lipinski definition) is 3. The van der Waals surface area contributed by atoms with Crippen molar-refractivity contribution in [2.75, 3.05) is 11.0 Å². The molecule has 20 heavy (non-hydrogen) atoms. The van der Waals surface area contributed by atoms with Gasteiger partial charge in [-0.05, 0) is 31.0 Å². The smallest absolute Gasteiger partial charge is 0.251 e. The second-order valence-corrected chi connectivity index (χ2v) is 7.23. The monoisotopic (exact) mass is 318 g/mol. The maximum atomic E-state index is 12.1. The molecular weight excluding hydrogens is 300 g/mol. The van der Waals surface area contributed by atoms with Crippen LogP contribution >= 0.6 is 11.6 Å². The molecule has 112 valence electrons. The van der Waals surface area contributed by atoms with Crippen LogP contribution in [0.5, 0.6) is 0 Å². The van der Waals surface area contributed by atoms with Gasteiger partial charge in [0.15, 0.2) is 0 Å². The quantitative estimate of drug-likeness (QED) is 0.875. The van der Waals surface area contributed by atoms with E-state index in [0.717, 1.165) is 6.26 Å². The number of benzene rings is 1. The standard InChI is InChI=1S/C13H19ClN2O3S/c1-8(2)9(3)15-13(17)10-5-6-11(14)12(7-10)16-20(4,18)19/h5-9,16H,1-4H3,(H,15,17)/t9-/m1/s1. The van der Waals surface area contributed by atoms with Crippen LogP contribution < -0.4 is 10.0 Å². The van der Waals surface area contributed by atoms with Gasteiger partial charge in [0.2, 0.25) is 10.0 Å². The summed E-state index contributed by atoms with van der Waals surface area (Å²) in [5, 5.41) is 3.09. The summed E-state index contributed by atoms with van der Waals surface area (Å²) in [6.07, 6.45) is 1.02. The lowest BCUT2D eigenvalue weighted by molar-refractivity contribution is 0.0930. The van der Waals surface area contributed by atoms with Crippen molar-refractivity contribution in [3.05, 3.63) is 28.8 Å². The van der Waals surface area contributed by atoms with Crippen LogP contribution in [0.15, 0.2) is 18.2 Å². The largest absolute Gasteiger partial charge is 0.349 e. The Hall–Kier alpha value is -1.27. The number of nitrogens with one attached hydrogen (secondary N) is 2. The highest BCUT2D eigenvalue weighted by Gasteiger charge is 2.15. The van der Waals surface area contributed by atoms with Crippen LogP contribution in [-0.2, 0) is 10.0 Å². The molecule has 5 nitrogen and oxygen atoms in total. The molecule has 0 saturated heterocycles. The molecule has 2 N–H and O–H groups in total. The summed E-state index contributed by atoms with van der Waals surface area (Å²) in [6.45, 7) is 5.92. The van der Waals surface area contributed by atoms with Gasteiger partial charge in [0.05, 0.1) is 17.0 Å². The molecule has 1 amide bonds. The summed E-state index contributed by atoms with van der Waals surface area (Å²) in [7, 11) is -3.44. The van der Waals surface area contributed by atoms with Gasteiger partial charge in [0.25, 0.3) is 5.91 Å². The summed E-state index contributed by atoms with van der Waals surface area (Å²) in [5.41, 5.74) is 0.548. The number of rotatable bonds is 5. The van der Waals surface area contributed by atoms with E-state index in [4.69, 9.17) is 11.6 Å². The zero-order valence-electron chi connectivity index (χ0n) is 11.9. The second-order valence-electron chi connectivity index (χ2n) is 5.08. The number of halogens is 1. The van der Waals surface area contributed by atoms with Crippen LogP contribution in [0.1, 0.15) is 31.1 Å². The summed E-state index contributed by atoms with van der Waals surface area (Å²) < 4.78 is 24.7. The van der Waals surface area contributed by atoms with E-state index < -0.39 is 10.0 Å². The molecule has 0 spiro atoms. The summed E-state index contributed by atoms with van der Waals surface area (Å²) >= 11 is 5.90. The lowest BCUT2D eigenvalue weighted by Gasteiger charge is -2.18. The van der Waals surface area contributed by atoms with Crippen LogP contribution in [0.3, 0.4) is 0 Å². The minimum Gasteiger partial charge on any atom is -0.349 e. The third kappa shape index (κ3) is 5.02. The van der Waals surface area contributed by atoms with Crippen LogP contribution in [0.4, 0.5) is 5.69 Å². The SMILES string of the molecule is CC(C)[C@@H](C)NC(=O)c1ccc(Cl)c(NS(C)(=O)=O)c1. The molecule has 7 heteroatoms. The maximum absolute atomic E-state index is 12.1. The second kappa shape index (κ2) is 6.45. The van der Waals surface area contributed by atoms with E-state index in [1.165, 1.54) is 12.1 Å². The molecule has 0 fully saturated rings. The van der Waals surface area contributed by atoms with E-state index in [2.05, 4.69) is 10.0 Å². The van der Waals surface area contributed by atoms with Crippen LogP contribution in [0.25, 0.3) is 0 Å². The zero-order valence-corrected chi connectivity index (χ0v) is 13.5. The van der Waals surface area contributed by atoms with Crippen molar-refractivity contribution in [1.82, 2.24) is 5.32 Å². The van der Waals surface area contributed by atoms with Gasteiger partial charge in [0.1, 0.15) is 0 Å². The molecule has 0 bridgehead atoms. The summed E-state index contributed by atoms with van der Waals surface area (Å²) in [5.74, 6) is 0.0410. The number of carbonyl (C=O) groups is 1. The van der Waals surface area contributed by atoms with Crippen molar-refractivity contribution in [2.45, 2.75) is 26.8 Å². The molecule has 0 aliphatic heterocycles. The Morgan fingerprint density at radius 3 is 2.35 bits per heavy atom. The summed E-state index contributed by atoms with van der Waals surface area (Å²) in [4.78, 5) is 12.1. The van der Waals surface area contributed by atoms with Crippen molar-refractivity contribution < 1.29 is 13.2 Å². The molecule has 1 rings (SSSR count). The first-order chi connectivity index (χ1) is 9.10. The average Bonchev–Trinajstić information content (AvgIpc) is 2.29. The van der Waals surface area contributed by atoms with E-state index in [9.17, 15) is 13.2 Å². The first-order valence-corrected chi connectivity index (χ1v) is 8.45. The predicted octanol–water partition coefficient (Wildman–Crippen LogP) is 2.49. The van der Waals surface area contributed by atoms with Crippen molar-refractivity contribution in [3.63, 3.8) is 0 Å². The van der Waals surface area contributed by atoms with Crippen LogP contribution in [0, 0.1) is 5.92 Å². The highest BCUT2D eigenvalue weighted by atomic mass is 35.5. The zero-order chi connectivity index (χ0) is 15.5. The number of carbonyl (C=O) groups excluding carboxylic acids is 1. The van der Waals surface area contributed by atoms with Gasteiger partial charge in [-0.25, -0.2) is 8.42 Å². The van der Waals surface area contributed by atoms with E-state index in [0.29, 0.717) is 11.5 Å². The molecule has 1 atom stereocenters. The Morgan fingerprint density at radius 1 is 1.25 bits per heavy atom. The molecule has 0 aromatic heterocycles. The highest BCUT2D eigenvalue weighted by molar-refractivity contribution is 7.92. The number of anilines is 1. The molecule has 0 aliphatic carbocycles. The molecule has 0 unspecified atom stereocenters. The van der Waals surface area contributed by atoms with Crippen molar-refractivity contribution >= 4 is 33.2 Å². The Bertz CT molecular complexity index is 600. The maximum Gasteiger partial charge on any atom is 0.251 e. The van der Waals surface area contributed by atoms with Crippen LogP contribution in [0.2, 0.25) is 5.02 Å². The van der Waals surface area contributed by atoms with Gasteiger partial charge in [-0.15, -0.1) is 0 Å². The Labute approximate surface area is 124 Å². The predicted molar refractivity (Wildman–Crippen MR) is 81.7 cm³/mol. The molecule has 0 aliphatic rings. The minimum absolute atomic E-state index is 0.0181. The molecule has 0 heterocycles. The van der Waals surface area contributed by atoms with Crippen molar-refractivity contribution in [3.8, 4) is 0 Å². The lowest BCUT2D eigenvalue weighted by atomic mass is 10.1. The van der Waals surface area contributed by atoms with Gasteiger partial charge >= 0.3 is 0 Å². The van der Waals surface area contributed by atoms with Gasteiger partial charge < -0.3 is 5.32 Å².